The predicted molar refractivity (Wildman–Crippen MR) is 283 cm³/mol. The van der Waals surface area contributed by atoms with Crippen LogP contribution in [0.4, 0.5) is 22.7 Å². The number of fused-ring (bicyclic) bond motifs is 4. The topological polar surface area (TPSA) is 33.5 Å². The van der Waals surface area contributed by atoms with E-state index in [0.717, 1.165) is 50.4 Å². The van der Waals surface area contributed by atoms with Gasteiger partial charge in [-0.15, -0.1) is 48.1 Å². The van der Waals surface area contributed by atoms with Crippen LogP contribution < -0.4 is 14.5 Å². The van der Waals surface area contributed by atoms with Gasteiger partial charge in [-0.3, -0.25) is 0 Å². The van der Waals surface area contributed by atoms with Crippen molar-refractivity contribution in [2.24, 2.45) is 0 Å². The van der Waals surface area contributed by atoms with Gasteiger partial charge in [0.15, 0.2) is 0 Å². The van der Waals surface area contributed by atoms with Crippen LogP contribution >= 0.6 is 0 Å². The fourth-order valence-corrected chi connectivity index (χ4v) is 8.97. The molecule has 6 heteroatoms. The number of hydrogen-bond acceptors (Lipinski definition) is 4. The van der Waals surface area contributed by atoms with E-state index >= 15 is 0 Å². The summed E-state index contributed by atoms with van der Waals surface area (Å²) in [6, 6.07) is 51.6. The minimum Gasteiger partial charge on any atom is -0.509 e. The number of para-hydroxylation sites is 1. The Hall–Kier alpha value is -5.64. The number of hydrogen-bond donors (Lipinski definition) is 0. The van der Waals surface area contributed by atoms with E-state index in [4.69, 9.17) is 9.72 Å². The zero-order valence-corrected chi connectivity index (χ0v) is 45.0. The molecule has 3 heterocycles. The molecule has 1 aliphatic heterocycles. The van der Waals surface area contributed by atoms with Crippen LogP contribution in [-0.2, 0) is 48.1 Å². The second-order valence-corrected chi connectivity index (χ2v) is 23.7. The third kappa shape index (κ3) is 9.53. The van der Waals surface area contributed by atoms with Crippen LogP contribution in [0.15, 0.2) is 128 Å². The van der Waals surface area contributed by atoms with E-state index in [-0.39, 0.29) is 48.1 Å². The largest absolute Gasteiger partial charge is 0.509 e. The van der Waals surface area contributed by atoms with Gasteiger partial charge in [0.05, 0.1) is 0 Å². The molecule has 0 saturated carbocycles. The Kier molecular flexibility index (Phi) is 12.5. The van der Waals surface area contributed by atoms with Crippen LogP contribution in [0, 0.1) is 18.8 Å². The molecule has 0 atom stereocenters. The molecule has 0 N–H and O–H groups in total. The van der Waals surface area contributed by atoms with Gasteiger partial charge in [0.2, 0.25) is 0 Å². The molecule has 9 rings (SSSR count). The first-order valence-corrected chi connectivity index (χ1v) is 23.9. The number of aromatic nitrogens is 2. The van der Waals surface area contributed by atoms with Crippen molar-refractivity contribution in [2.45, 2.75) is 131 Å². The van der Waals surface area contributed by atoms with Gasteiger partial charge in [-0.25, -0.2) is 4.98 Å². The Balaban J connectivity index is 0.00000625. The molecule has 1 aliphatic rings. The van der Waals surface area contributed by atoms with Crippen molar-refractivity contribution < 1.29 is 25.8 Å². The average Bonchev–Trinajstić information content (AvgIpc) is 3.80. The molecule has 2 aromatic heterocycles. The van der Waals surface area contributed by atoms with Crippen molar-refractivity contribution in [2.75, 3.05) is 9.80 Å². The molecule has 0 saturated heterocycles. The van der Waals surface area contributed by atoms with E-state index < -0.39 is 0 Å². The molecule has 354 valence electrons. The SMILES string of the molecule is CC(C)(C)c1cc(-c2cc(C(C)(C)C)cc(C(C)(C)C)c2)cc(N2[CH-]N(c3[c-]c(Oc4[c-]c5c(cc4)c4ccccc4n5-c4cc(C(C)(C)C)ccn4)ccc3)c3ccc(C(C)(C)C)cc32)c1.[Pt]. The van der Waals surface area contributed by atoms with Gasteiger partial charge in [-0.2, -0.15) is 12.1 Å². The maximum absolute atomic E-state index is 6.70. The zero-order valence-electron chi connectivity index (χ0n) is 42.7. The second kappa shape index (κ2) is 17.4. The minimum absolute atomic E-state index is 0. The maximum Gasteiger partial charge on any atom is 0.135 e. The Morgan fingerprint density at radius 3 is 1.71 bits per heavy atom. The van der Waals surface area contributed by atoms with Crippen LogP contribution in [-0.4, -0.2) is 9.55 Å². The van der Waals surface area contributed by atoms with Gasteiger partial charge in [-0.05, 0) is 114 Å². The summed E-state index contributed by atoms with van der Waals surface area (Å²) < 4.78 is 8.90. The van der Waals surface area contributed by atoms with Crippen molar-refractivity contribution in [3.63, 3.8) is 0 Å². The number of benzene rings is 6. The molecule has 6 aromatic carbocycles. The molecule has 0 unspecified atom stereocenters. The van der Waals surface area contributed by atoms with Crippen molar-refractivity contribution in [1.29, 1.82) is 0 Å². The quantitative estimate of drug-likeness (QED) is 0.155. The summed E-state index contributed by atoms with van der Waals surface area (Å²) in [6.45, 7) is 36.6. The van der Waals surface area contributed by atoms with Crippen molar-refractivity contribution in [1.82, 2.24) is 9.55 Å². The first-order valence-electron chi connectivity index (χ1n) is 23.9. The summed E-state index contributed by atoms with van der Waals surface area (Å²) in [5.74, 6) is 2.07. The van der Waals surface area contributed by atoms with E-state index in [1.54, 1.807) is 0 Å². The van der Waals surface area contributed by atoms with E-state index in [1.165, 1.54) is 38.9 Å². The number of rotatable bonds is 6. The summed E-state index contributed by atoms with van der Waals surface area (Å²) in [5, 5.41) is 2.24. The molecule has 0 fully saturated rings. The molecular weight excluding hydrogens is 1010 g/mol. The van der Waals surface area contributed by atoms with Gasteiger partial charge >= 0.3 is 0 Å². The molecule has 68 heavy (non-hydrogen) atoms. The Bertz CT molecular complexity index is 3150. The number of anilines is 4. The van der Waals surface area contributed by atoms with E-state index in [9.17, 15) is 0 Å². The molecule has 0 spiro atoms. The summed E-state index contributed by atoms with van der Waals surface area (Å²) in [6.07, 6.45) is 1.91. The maximum atomic E-state index is 6.70. The van der Waals surface area contributed by atoms with Crippen LogP contribution in [0.25, 0.3) is 38.8 Å². The number of nitrogens with zero attached hydrogens (tertiary/aromatic N) is 4. The molecule has 0 amide bonds. The van der Waals surface area contributed by atoms with Gasteiger partial charge in [0.25, 0.3) is 0 Å². The van der Waals surface area contributed by atoms with Crippen molar-refractivity contribution in [3.8, 4) is 28.4 Å². The number of pyridine rings is 1. The second-order valence-electron chi connectivity index (χ2n) is 23.7. The molecule has 8 aromatic rings. The Morgan fingerprint density at radius 1 is 0.471 bits per heavy atom. The van der Waals surface area contributed by atoms with E-state index in [2.05, 4.69) is 240 Å². The van der Waals surface area contributed by atoms with Gasteiger partial charge < -0.3 is 19.1 Å². The first-order chi connectivity index (χ1) is 31.3. The smallest absolute Gasteiger partial charge is 0.135 e. The van der Waals surface area contributed by atoms with Crippen LogP contribution in [0.5, 0.6) is 11.5 Å². The van der Waals surface area contributed by atoms with E-state index in [0.29, 0.717) is 11.5 Å². The van der Waals surface area contributed by atoms with Crippen LogP contribution in [0.3, 0.4) is 0 Å². The van der Waals surface area contributed by atoms with Gasteiger partial charge in [0, 0.05) is 61.3 Å². The molecule has 0 bridgehead atoms. The normalized spacial score (nSPS) is 13.6. The van der Waals surface area contributed by atoms with E-state index in [1.807, 2.05) is 24.4 Å². The van der Waals surface area contributed by atoms with Crippen molar-refractivity contribution in [3.05, 3.63) is 174 Å². The first kappa shape index (κ1) is 48.8. The predicted octanol–water partition coefficient (Wildman–Crippen LogP) is 17.1. The van der Waals surface area contributed by atoms with Gasteiger partial charge in [-0.1, -0.05) is 158 Å². The monoisotopic (exact) mass is 1080 g/mol. The van der Waals surface area contributed by atoms with Gasteiger partial charge in [0.1, 0.15) is 5.82 Å². The molecule has 0 aliphatic carbocycles. The summed E-state index contributed by atoms with van der Waals surface area (Å²) >= 11 is 0. The third-order valence-electron chi connectivity index (χ3n) is 13.3. The van der Waals surface area contributed by atoms with Crippen molar-refractivity contribution >= 4 is 44.6 Å². The molecule has 5 nitrogen and oxygen atoms in total. The molecular formula is C62H67N4OPt-3. The van der Waals surface area contributed by atoms with Crippen LogP contribution in [0.1, 0.15) is 132 Å². The minimum atomic E-state index is -0.0877. The fraction of sp³-hybridized carbons (Fsp3) is 0.323. The standard InChI is InChI=1S/C62H67N4O.Pt/c1-58(2,3)42-23-26-54-56(35-42)65(48-32-41(31-46(34-48)62(13,14)15)40-29-44(60(7,8)9)33-45(30-40)61(10,11)12)39-64(54)47-19-18-20-49(37-47)67-50-24-25-52-51-21-16-17-22-53(51)66(55(52)38-50)57-36-43(27-28-63-57)59(4,5)6;/h16-36,39H,1-15H3;/q-3;. The summed E-state index contributed by atoms with van der Waals surface area (Å²) in [7, 11) is 0. The summed E-state index contributed by atoms with van der Waals surface area (Å²) in [5.41, 5.74) is 15.0. The third-order valence-corrected chi connectivity index (χ3v) is 13.3. The van der Waals surface area contributed by atoms with Crippen LogP contribution in [0.2, 0.25) is 0 Å². The summed E-state index contributed by atoms with van der Waals surface area (Å²) in [4.78, 5) is 9.49. The average molecular weight is 1080 g/mol. The Morgan fingerprint density at radius 2 is 1.06 bits per heavy atom. The molecule has 0 radical (unpaired) electrons. The fourth-order valence-electron chi connectivity index (χ4n) is 8.97. The Labute approximate surface area is 420 Å². The zero-order chi connectivity index (χ0) is 48.0. The number of ether oxygens (including phenoxy) is 1.